The third kappa shape index (κ3) is 5.43. The van der Waals surface area contributed by atoms with Crippen LogP contribution in [0.1, 0.15) is 59.9 Å². The Morgan fingerprint density at radius 2 is 1.89 bits per heavy atom. The van der Waals surface area contributed by atoms with Crippen LogP contribution in [0.15, 0.2) is 70.2 Å². The van der Waals surface area contributed by atoms with E-state index in [1.807, 2.05) is 19.1 Å². The molecule has 0 amide bonds. The van der Waals surface area contributed by atoms with Gasteiger partial charge in [-0.05, 0) is 61.7 Å². The number of unbranched alkanes of at least 4 members (excludes halogenated alkanes) is 1. The van der Waals surface area contributed by atoms with Gasteiger partial charge in [0.2, 0.25) is 12.5 Å². The quantitative estimate of drug-likeness (QED) is 0.208. The molecule has 0 aliphatic rings. The molecule has 4 rings (SSSR count). The monoisotopic (exact) mass is 523 g/mol. The second kappa shape index (κ2) is 10.6. The lowest BCUT2D eigenvalue weighted by Crippen LogP contribution is -2.21. The van der Waals surface area contributed by atoms with Crippen molar-refractivity contribution < 1.29 is 22.6 Å². The van der Waals surface area contributed by atoms with Crippen molar-refractivity contribution in [2.75, 3.05) is 11.3 Å². The van der Waals surface area contributed by atoms with Gasteiger partial charge in [0.15, 0.2) is 0 Å². The lowest BCUT2D eigenvalue weighted by atomic mass is 9.94. The molecule has 0 aliphatic heterocycles. The van der Waals surface area contributed by atoms with Crippen LogP contribution in [0.3, 0.4) is 0 Å². The van der Waals surface area contributed by atoms with Gasteiger partial charge in [0.1, 0.15) is 17.5 Å². The third-order valence-electron chi connectivity index (χ3n) is 6.33. The van der Waals surface area contributed by atoms with Crippen molar-refractivity contribution in [1.82, 2.24) is 4.57 Å². The van der Waals surface area contributed by atoms with Crippen molar-refractivity contribution >= 4 is 32.7 Å². The minimum Gasteiger partial charge on any atom is -0.468 e. The number of aromatic nitrogens is 1. The van der Waals surface area contributed by atoms with E-state index in [2.05, 4.69) is 11.6 Å². The summed E-state index contributed by atoms with van der Waals surface area (Å²) in [4.78, 5) is 24.2. The highest BCUT2D eigenvalue weighted by Crippen LogP contribution is 2.41. The van der Waals surface area contributed by atoms with E-state index in [0.29, 0.717) is 22.2 Å². The average Bonchev–Trinajstić information content (AvgIpc) is 3.47. The summed E-state index contributed by atoms with van der Waals surface area (Å²) in [6.45, 7) is 4.70. The number of hydrogen-bond donors (Lipinski definition) is 1. The molecular weight excluding hydrogens is 494 g/mol. The largest absolute Gasteiger partial charge is 0.468 e. The van der Waals surface area contributed by atoms with Gasteiger partial charge in [-0.2, -0.15) is 0 Å². The van der Waals surface area contributed by atoms with Crippen LogP contribution in [0.5, 0.6) is 0 Å². The fraction of sp³-hybridized carbons (Fsp3) is 0.296. The summed E-state index contributed by atoms with van der Waals surface area (Å²) in [7, 11) is -4.13. The molecule has 2 aromatic heterocycles. The Kier molecular flexibility index (Phi) is 7.49. The van der Waals surface area contributed by atoms with E-state index in [1.165, 1.54) is 29.9 Å². The van der Waals surface area contributed by atoms with Gasteiger partial charge in [0.25, 0.3) is 10.0 Å². The lowest BCUT2D eigenvalue weighted by molar-refractivity contribution is -0.482. The Labute approximate surface area is 215 Å². The highest BCUT2D eigenvalue weighted by atomic mass is 32.2. The second-order valence-corrected chi connectivity index (χ2v) is 10.8. The van der Waals surface area contributed by atoms with E-state index < -0.39 is 33.3 Å². The molecule has 0 spiro atoms. The standard InChI is InChI=1S/C27H29N3O6S/c1-4-5-7-20-11-14-24-22(16-20)26(23(17-29(32)33)25-8-6-15-36-25)27(30(24)19(3)31)28-37(34,35)21-12-9-18(2)10-13-21/h6,8-16,23,28H,4-5,7,17H2,1-3H3. The Morgan fingerprint density at radius 3 is 2.49 bits per heavy atom. The van der Waals surface area contributed by atoms with Gasteiger partial charge in [-0.3, -0.25) is 24.2 Å². The highest BCUT2D eigenvalue weighted by molar-refractivity contribution is 7.92. The van der Waals surface area contributed by atoms with Crippen molar-refractivity contribution in [3.05, 3.63) is 93.4 Å². The van der Waals surface area contributed by atoms with E-state index in [-0.39, 0.29) is 10.7 Å². The van der Waals surface area contributed by atoms with Gasteiger partial charge in [0.05, 0.1) is 16.7 Å². The van der Waals surface area contributed by atoms with Gasteiger partial charge in [-0.1, -0.05) is 37.1 Å². The zero-order valence-electron chi connectivity index (χ0n) is 20.9. The van der Waals surface area contributed by atoms with Crippen LogP contribution in [-0.2, 0) is 16.4 Å². The topological polar surface area (TPSA) is 124 Å². The molecule has 0 fully saturated rings. The molecule has 1 unspecified atom stereocenters. The SMILES string of the molecule is CCCCc1ccc2c(c1)c(C(C[N+](=O)[O-])c1ccco1)c(NS(=O)(=O)c1ccc(C)cc1)n2C(C)=O. The van der Waals surface area contributed by atoms with E-state index in [9.17, 15) is 23.3 Å². The summed E-state index contributed by atoms with van der Waals surface area (Å²) in [5, 5.41) is 12.3. The zero-order valence-corrected chi connectivity index (χ0v) is 21.7. The summed E-state index contributed by atoms with van der Waals surface area (Å²) >= 11 is 0. The molecular formula is C27H29N3O6S. The Morgan fingerprint density at radius 1 is 1.16 bits per heavy atom. The van der Waals surface area contributed by atoms with Crippen molar-refractivity contribution in [2.45, 2.75) is 50.8 Å². The second-order valence-electron chi connectivity index (χ2n) is 9.07. The van der Waals surface area contributed by atoms with Gasteiger partial charge in [-0.25, -0.2) is 8.42 Å². The molecule has 10 heteroatoms. The fourth-order valence-electron chi connectivity index (χ4n) is 4.54. The number of nitrogens with one attached hydrogen (secondary N) is 1. The molecule has 2 aromatic carbocycles. The minimum atomic E-state index is -4.13. The molecule has 1 N–H and O–H groups in total. The van der Waals surface area contributed by atoms with Gasteiger partial charge in [0, 0.05) is 22.8 Å². The van der Waals surface area contributed by atoms with Crippen LogP contribution in [0.4, 0.5) is 5.82 Å². The number of aryl methyl sites for hydroxylation is 2. The van der Waals surface area contributed by atoms with Gasteiger partial charge < -0.3 is 4.42 Å². The number of anilines is 1. The molecule has 194 valence electrons. The maximum Gasteiger partial charge on any atom is 0.263 e. The van der Waals surface area contributed by atoms with Crippen LogP contribution in [0, 0.1) is 17.0 Å². The van der Waals surface area contributed by atoms with Crippen molar-refractivity contribution in [3.8, 4) is 0 Å². The summed E-state index contributed by atoms with van der Waals surface area (Å²) in [6, 6.07) is 15.1. The van der Waals surface area contributed by atoms with E-state index in [4.69, 9.17) is 4.42 Å². The summed E-state index contributed by atoms with van der Waals surface area (Å²) in [5.41, 5.74) is 2.67. The normalized spacial score (nSPS) is 12.5. The Hall–Kier alpha value is -3.92. The molecule has 0 bridgehead atoms. The molecule has 0 aliphatic carbocycles. The number of furan rings is 1. The minimum absolute atomic E-state index is 0.0110. The zero-order chi connectivity index (χ0) is 26.7. The number of nitro groups is 1. The molecule has 0 saturated heterocycles. The number of sulfonamides is 1. The predicted octanol–water partition coefficient (Wildman–Crippen LogP) is 5.75. The Bertz CT molecular complexity index is 1540. The first-order valence-electron chi connectivity index (χ1n) is 12.0. The number of carbonyl (C=O) groups is 1. The maximum atomic E-state index is 13.5. The number of carbonyl (C=O) groups excluding carboxylic acids is 1. The molecule has 4 aromatic rings. The summed E-state index contributed by atoms with van der Waals surface area (Å²) in [5.74, 6) is -1.10. The smallest absolute Gasteiger partial charge is 0.263 e. The summed E-state index contributed by atoms with van der Waals surface area (Å²) < 4.78 is 36.4. The van der Waals surface area contributed by atoms with Crippen molar-refractivity contribution in [1.29, 1.82) is 0 Å². The number of benzene rings is 2. The highest BCUT2D eigenvalue weighted by Gasteiger charge is 2.34. The van der Waals surface area contributed by atoms with Crippen LogP contribution in [0.25, 0.3) is 10.9 Å². The molecule has 9 nitrogen and oxygen atoms in total. The third-order valence-corrected chi connectivity index (χ3v) is 7.69. The fourth-order valence-corrected chi connectivity index (χ4v) is 5.61. The van der Waals surface area contributed by atoms with Crippen LogP contribution >= 0.6 is 0 Å². The first kappa shape index (κ1) is 26.2. The van der Waals surface area contributed by atoms with E-state index in [0.717, 1.165) is 30.4 Å². The number of nitrogens with zero attached hydrogens (tertiary/aromatic N) is 2. The lowest BCUT2D eigenvalue weighted by Gasteiger charge is -2.16. The number of fused-ring (bicyclic) bond motifs is 1. The molecule has 0 saturated carbocycles. The first-order chi connectivity index (χ1) is 17.6. The van der Waals surface area contributed by atoms with E-state index in [1.54, 1.807) is 30.3 Å². The van der Waals surface area contributed by atoms with Crippen LogP contribution in [-0.4, -0.2) is 30.4 Å². The molecule has 0 radical (unpaired) electrons. The van der Waals surface area contributed by atoms with Crippen LogP contribution < -0.4 is 4.72 Å². The summed E-state index contributed by atoms with van der Waals surface area (Å²) in [6.07, 6.45) is 4.12. The molecule has 2 heterocycles. The Balaban J connectivity index is 2.02. The van der Waals surface area contributed by atoms with Crippen LogP contribution in [0.2, 0.25) is 0 Å². The predicted molar refractivity (Wildman–Crippen MR) is 141 cm³/mol. The van der Waals surface area contributed by atoms with Crippen molar-refractivity contribution in [2.24, 2.45) is 0 Å². The van der Waals surface area contributed by atoms with E-state index >= 15 is 0 Å². The molecule has 1 atom stereocenters. The molecule has 37 heavy (non-hydrogen) atoms. The first-order valence-corrected chi connectivity index (χ1v) is 13.5. The number of rotatable bonds is 10. The van der Waals surface area contributed by atoms with Gasteiger partial charge >= 0.3 is 0 Å². The van der Waals surface area contributed by atoms with Gasteiger partial charge in [-0.15, -0.1) is 0 Å². The average molecular weight is 524 g/mol. The van der Waals surface area contributed by atoms with Crippen molar-refractivity contribution in [3.63, 3.8) is 0 Å². The number of hydrogen-bond acceptors (Lipinski definition) is 6. The maximum absolute atomic E-state index is 13.5.